The molecule has 0 saturated carbocycles. The van der Waals surface area contributed by atoms with Gasteiger partial charge in [0.1, 0.15) is 11.5 Å². The summed E-state index contributed by atoms with van der Waals surface area (Å²) in [5.74, 6) is 0.986. The number of rotatable bonds is 1. The molecule has 2 aromatic rings. The highest BCUT2D eigenvalue weighted by Gasteiger charge is 2.28. The van der Waals surface area contributed by atoms with Gasteiger partial charge in [0.25, 0.3) is 0 Å². The van der Waals surface area contributed by atoms with Crippen LogP contribution in [0.15, 0.2) is 48.5 Å². The van der Waals surface area contributed by atoms with Crippen molar-refractivity contribution in [2.24, 2.45) is 0 Å². The molecule has 0 amide bonds. The molecule has 1 heterocycles. The average Bonchev–Trinajstić information content (AvgIpc) is 2.38. The normalized spacial score (nSPS) is 22.1. The van der Waals surface area contributed by atoms with Crippen molar-refractivity contribution in [1.82, 2.24) is 5.32 Å². The molecule has 0 aliphatic carbocycles. The van der Waals surface area contributed by atoms with Crippen LogP contribution in [0.4, 0.5) is 0 Å². The zero-order valence-electron chi connectivity index (χ0n) is 9.51. The Morgan fingerprint density at radius 2 is 1.67 bits per heavy atom. The van der Waals surface area contributed by atoms with E-state index in [1.165, 1.54) is 0 Å². The smallest absolute Gasteiger partial charge is 0.228 e. The first-order valence-electron chi connectivity index (χ1n) is 5.69. The molecule has 0 fully saturated rings. The van der Waals surface area contributed by atoms with E-state index in [2.05, 4.69) is 5.32 Å². The number of phenolic OH excluding ortho intramolecular Hbond substituents is 1. The summed E-state index contributed by atoms with van der Waals surface area (Å²) in [6.07, 6.45) is 0. The standard InChI is InChI=1S/C14H12ClNO2/c15-14-16-13(9-5-1-3-7-11(9)17)10-6-2-4-8-12(10)18-14/h1-8,13-14,16-17H. The second-order valence-corrected chi connectivity index (χ2v) is 4.53. The number of fused-ring (bicyclic) bond motifs is 1. The fourth-order valence-corrected chi connectivity index (χ4v) is 2.40. The predicted molar refractivity (Wildman–Crippen MR) is 69.8 cm³/mol. The predicted octanol–water partition coefficient (Wildman–Crippen LogP) is 2.99. The molecule has 4 heteroatoms. The molecule has 2 aromatic carbocycles. The van der Waals surface area contributed by atoms with E-state index in [9.17, 15) is 5.11 Å². The van der Waals surface area contributed by atoms with Crippen LogP contribution in [0.25, 0.3) is 0 Å². The van der Waals surface area contributed by atoms with Gasteiger partial charge in [0, 0.05) is 11.1 Å². The molecule has 2 N–H and O–H groups in total. The monoisotopic (exact) mass is 261 g/mol. The van der Waals surface area contributed by atoms with Gasteiger partial charge in [0.2, 0.25) is 5.69 Å². The Morgan fingerprint density at radius 1 is 1.00 bits per heavy atom. The van der Waals surface area contributed by atoms with Crippen molar-refractivity contribution in [1.29, 1.82) is 0 Å². The van der Waals surface area contributed by atoms with Gasteiger partial charge < -0.3 is 9.84 Å². The number of halogens is 1. The van der Waals surface area contributed by atoms with Crippen molar-refractivity contribution < 1.29 is 9.84 Å². The summed E-state index contributed by atoms with van der Waals surface area (Å²) in [5, 5.41) is 13.1. The summed E-state index contributed by atoms with van der Waals surface area (Å²) in [4.78, 5) is 0. The Balaban J connectivity index is 2.11. The van der Waals surface area contributed by atoms with Gasteiger partial charge in [0.15, 0.2) is 0 Å². The minimum atomic E-state index is -0.607. The first kappa shape index (κ1) is 11.4. The minimum Gasteiger partial charge on any atom is -0.508 e. The molecule has 3 nitrogen and oxygen atoms in total. The number of hydrogen-bond donors (Lipinski definition) is 2. The number of para-hydroxylation sites is 2. The SMILES string of the molecule is Oc1ccccc1C1NC(Cl)Oc2ccccc21. The molecule has 2 atom stereocenters. The summed E-state index contributed by atoms with van der Waals surface area (Å²) >= 11 is 6.03. The maximum Gasteiger partial charge on any atom is 0.228 e. The number of aromatic hydroxyl groups is 1. The van der Waals surface area contributed by atoms with Crippen molar-refractivity contribution in [3.8, 4) is 11.5 Å². The number of nitrogens with one attached hydrogen (secondary N) is 1. The summed E-state index contributed by atoms with van der Waals surface area (Å²) in [7, 11) is 0. The Bertz CT molecular complexity index is 573. The Labute approximate surface area is 110 Å². The molecule has 18 heavy (non-hydrogen) atoms. The van der Waals surface area contributed by atoms with E-state index in [1.54, 1.807) is 12.1 Å². The van der Waals surface area contributed by atoms with Crippen molar-refractivity contribution in [2.45, 2.75) is 11.7 Å². The van der Waals surface area contributed by atoms with E-state index in [-0.39, 0.29) is 11.8 Å². The minimum absolute atomic E-state index is 0.168. The molecule has 2 unspecified atom stereocenters. The van der Waals surface area contributed by atoms with E-state index in [0.717, 1.165) is 16.9 Å². The molecule has 1 aliphatic rings. The van der Waals surface area contributed by atoms with Gasteiger partial charge in [0.05, 0.1) is 6.04 Å². The van der Waals surface area contributed by atoms with Gasteiger partial charge in [-0.3, -0.25) is 5.32 Å². The zero-order chi connectivity index (χ0) is 12.5. The first-order chi connectivity index (χ1) is 8.75. The average molecular weight is 262 g/mol. The van der Waals surface area contributed by atoms with Gasteiger partial charge in [-0.25, -0.2) is 0 Å². The maximum absolute atomic E-state index is 9.95. The Hall–Kier alpha value is -1.71. The van der Waals surface area contributed by atoms with Gasteiger partial charge in [-0.2, -0.15) is 0 Å². The molecular weight excluding hydrogens is 250 g/mol. The summed E-state index contributed by atoms with van der Waals surface area (Å²) in [5.41, 5.74) is 1.15. The van der Waals surface area contributed by atoms with Crippen LogP contribution >= 0.6 is 11.6 Å². The van der Waals surface area contributed by atoms with Crippen LogP contribution in [0.3, 0.4) is 0 Å². The highest BCUT2D eigenvalue weighted by Crippen LogP contribution is 2.37. The third-order valence-corrected chi connectivity index (χ3v) is 3.22. The molecule has 0 saturated heterocycles. The molecular formula is C14H12ClNO2. The van der Waals surface area contributed by atoms with Crippen molar-refractivity contribution in [2.75, 3.05) is 0 Å². The van der Waals surface area contributed by atoms with Crippen molar-refractivity contribution in [3.63, 3.8) is 0 Å². The lowest BCUT2D eigenvalue weighted by molar-refractivity contribution is 0.203. The van der Waals surface area contributed by atoms with Gasteiger partial charge in [-0.1, -0.05) is 48.0 Å². The van der Waals surface area contributed by atoms with Crippen LogP contribution in [0.2, 0.25) is 0 Å². The molecule has 0 bridgehead atoms. The van der Waals surface area contributed by atoms with Crippen LogP contribution in [0, 0.1) is 0 Å². The number of phenols is 1. The van der Waals surface area contributed by atoms with Crippen LogP contribution in [0.1, 0.15) is 17.2 Å². The number of hydrogen-bond acceptors (Lipinski definition) is 3. The third-order valence-electron chi connectivity index (χ3n) is 3.01. The number of benzene rings is 2. The summed E-state index contributed by atoms with van der Waals surface area (Å²) < 4.78 is 5.50. The van der Waals surface area contributed by atoms with E-state index >= 15 is 0 Å². The zero-order valence-corrected chi connectivity index (χ0v) is 10.3. The number of alkyl halides is 1. The third kappa shape index (κ3) is 1.92. The van der Waals surface area contributed by atoms with E-state index in [4.69, 9.17) is 16.3 Å². The molecule has 0 radical (unpaired) electrons. The maximum atomic E-state index is 9.95. The lowest BCUT2D eigenvalue weighted by atomic mass is 9.96. The highest BCUT2D eigenvalue weighted by atomic mass is 35.5. The lowest BCUT2D eigenvalue weighted by Gasteiger charge is -2.31. The quantitative estimate of drug-likeness (QED) is 0.613. The van der Waals surface area contributed by atoms with Gasteiger partial charge in [-0.15, -0.1) is 0 Å². The van der Waals surface area contributed by atoms with E-state index in [0.29, 0.717) is 0 Å². The van der Waals surface area contributed by atoms with Crippen LogP contribution in [-0.4, -0.2) is 10.8 Å². The number of ether oxygens (including phenoxy) is 1. The molecule has 0 aromatic heterocycles. The van der Waals surface area contributed by atoms with Crippen LogP contribution < -0.4 is 10.1 Å². The Morgan fingerprint density at radius 3 is 2.44 bits per heavy atom. The molecule has 92 valence electrons. The van der Waals surface area contributed by atoms with Gasteiger partial charge >= 0.3 is 0 Å². The molecule has 1 aliphatic heterocycles. The fourth-order valence-electron chi connectivity index (χ4n) is 2.18. The van der Waals surface area contributed by atoms with Crippen molar-refractivity contribution >= 4 is 11.6 Å². The van der Waals surface area contributed by atoms with Gasteiger partial charge in [-0.05, 0) is 12.1 Å². The van der Waals surface area contributed by atoms with Crippen molar-refractivity contribution in [3.05, 3.63) is 59.7 Å². The summed E-state index contributed by atoms with van der Waals surface area (Å²) in [6, 6.07) is 14.7. The van der Waals surface area contributed by atoms with E-state index in [1.807, 2.05) is 36.4 Å². The lowest BCUT2D eigenvalue weighted by Crippen LogP contribution is -2.38. The van der Waals surface area contributed by atoms with E-state index < -0.39 is 5.69 Å². The van der Waals surface area contributed by atoms with Crippen LogP contribution in [-0.2, 0) is 0 Å². The largest absolute Gasteiger partial charge is 0.508 e. The molecule has 3 rings (SSSR count). The second-order valence-electron chi connectivity index (χ2n) is 4.13. The highest BCUT2D eigenvalue weighted by molar-refractivity contribution is 6.19. The second kappa shape index (κ2) is 4.52. The van der Waals surface area contributed by atoms with Crippen LogP contribution in [0.5, 0.6) is 11.5 Å². The fraction of sp³-hybridized carbons (Fsp3) is 0.143. The summed E-state index contributed by atoms with van der Waals surface area (Å²) in [6.45, 7) is 0. The molecule has 0 spiro atoms. The Kier molecular flexibility index (Phi) is 2.86. The topological polar surface area (TPSA) is 41.5 Å². The first-order valence-corrected chi connectivity index (χ1v) is 6.13.